The number of hydrogen-bond donors (Lipinski definition) is 1. The van der Waals surface area contributed by atoms with Crippen molar-refractivity contribution >= 4 is 41.5 Å². The number of carbonyl (C=O) groups is 2. The summed E-state index contributed by atoms with van der Waals surface area (Å²) in [7, 11) is 0. The van der Waals surface area contributed by atoms with Gasteiger partial charge in [-0.15, -0.1) is 0 Å². The summed E-state index contributed by atoms with van der Waals surface area (Å²) in [6, 6.07) is 0. The molecule has 20 heavy (non-hydrogen) atoms. The average Bonchev–Trinajstić information content (AvgIpc) is 2.35. The molecule has 1 N–H and O–H groups in total. The van der Waals surface area contributed by atoms with Crippen molar-refractivity contribution in [3.05, 3.63) is 24.5 Å². The Kier molecular flexibility index (Phi) is 16.1. The molecule has 0 aromatic heterocycles. The Morgan fingerprint density at radius 2 is 1.65 bits per heavy atom. The Hall–Kier alpha value is -0.580. The number of allylic oxidation sites excluding steroid dienone is 1. The molecule has 0 heterocycles. The van der Waals surface area contributed by atoms with E-state index >= 15 is 0 Å². The van der Waals surface area contributed by atoms with Crippen LogP contribution in [0.15, 0.2) is 24.5 Å². The molecule has 0 aliphatic carbocycles. The summed E-state index contributed by atoms with van der Waals surface area (Å²) in [5.41, 5.74) is 0.394. The van der Waals surface area contributed by atoms with Gasteiger partial charge < -0.3 is 9.84 Å². The molecule has 0 bridgehead atoms. The molecule has 0 radical (unpaired) electrons. The minimum absolute atomic E-state index is 0. The number of rotatable bonds is 11. The molecule has 0 saturated carbocycles. The molecule has 0 aliphatic heterocycles. The molecule has 0 saturated heterocycles. The SMILES string of the molecule is C=C(C)C(=O)OC=CCCCCCCCCC(=O)O.[NaH]. The zero-order valence-electron chi connectivity index (χ0n) is 11.7. The van der Waals surface area contributed by atoms with Crippen LogP contribution < -0.4 is 0 Å². The first-order valence-corrected chi connectivity index (χ1v) is 6.77. The summed E-state index contributed by atoms with van der Waals surface area (Å²) in [6.45, 7) is 5.10. The normalized spacial score (nSPS) is 10.1. The van der Waals surface area contributed by atoms with Gasteiger partial charge in [0.05, 0.1) is 6.26 Å². The maximum atomic E-state index is 11.0. The zero-order chi connectivity index (χ0) is 14.5. The van der Waals surface area contributed by atoms with Gasteiger partial charge in [0, 0.05) is 12.0 Å². The summed E-state index contributed by atoms with van der Waals surface area (Å²) in [5, 5.41) is 8.46. The van der Waals surface area contributed by atoms with E-state index in [0.29, 0.717) is 5.57 Å². The molecule has 5 heteroatoms. The number of carboxylic acid groups (broad SMARTS) is 1. The summed E-state index contributed by atoms with van der Waals surface area (Å²) in [6.07, 6.45) is 10.6. The molecule has 0 atom stereocenters. The van der Waals surface area contributed by atoms with Crippen molar-refractivity contribution in [2.24, 2.45) is 0 Å². The quantitative estimate of drug-likeness (QED) is 0.209. The van der Waals surface area contributed by atoms with Gasteiger partial charge in [-0.25, -0.2) is 4.79 Å². The second-order valence-corrected chi connectivity index (χ2v) is 4.61. The first-order valence-electron chi connectivity index (χ1n) is 6.77. The van der Waals surface area contributed by atoms with Crippen LogP contribution in [0.25, 0.3) is 0 Å². The Bertz CT molecular complexity index is 324. The standard InChI is InChI=1S/C15H24O4.Na.H/c1-13(2)15(18)19-12-10-8-6-4-3-5-7-9-11-14(16)17;;/h10,12H,1,3-9,11H2,2H3,(H,16,17);;. The number of unbranched alkanes of at least 4 members (excludes halogenated alkanes) is 6. The van der Waals surface area contributed by atoms with Crippen molar-refractivity contribution in [1.29, 1.82) is 0 Å². The number of carboxylic acids is 1. The summed E-state index contributed by atoms with van der Waals surface area (Å²) in [4.78, 5) is 21.3. The summed E-state index contributed by atoms with van der Waals surface area (Å²) < 4.78 is 4.81. The first kappa shape index (κ1) is 21.7. The number of ether oxygens (including phenoxy) is 1. The van der Waals surface area contributed by atoms with Gasteiger partial charge in [-0.2, -0.15) is 0 Å². The summed E-state index contributed by atoms with van der Waals surface area (Å²) in [5.74, 6) is -1.11. The van der Waals surface area contributed by atoms with Gasteiger partial charge >= 0.3 is 41.5 Å². The molecule has 0 aromatic carbocycles. The van der Waals surface area contributed by atoms with Crippen molar-refractivity contribution in [2.45, 2.75) is 58.3 Å². The van der Waals surface area contributed by atoms with E-state index in [9.17, 15) is 9.59 Å². The van der Waals surface area contributed by atoms with E-state index in [-0.39, 0.29) is 36.0 Å². The minimum atomic E-state index is -0.713. The van der Waals surface area contributed by atoms with Gasteiger partial charge in [0.2, 0.25) is 0 Å². The van der Waals surface area contributed by atoms with E-state index in [2.05, 4.69) is 6.58 Å². The molecule has 4 nitrogen and oxygen atoms in total. The maximum absolute atomic E-state index is 11.0. The third-order valence-corrected chi connectivity index (χ3v) is 2.63. The van der Waals surface area contributed by atoms with Crippen LogP contribution in [0.5, 0.6) is 0 Å². The number of esters is 1. The van der Waals surface area contributed by atoms with Gasteiger partial charge in [-0.1, -0.05) is 32.3 Å². The fourth-order valence-corrected chi connectivity index (χ4v) is 1.52. The van der Waals surface area contributed by atoms with Crippen molar-refractivity contribution in [3.8, 4) is 0 Å². The van der Waals surface area contributed by atoms with Gasteiger partial charge in [-0.3, -0.25) is 4.79 Å². The Balaban J connectivity index is 0. The van der Waals surface area contributed by atoms with E-state index in [1.807, 2.05) is 6.08 Å². The molecular weight excluding hydrogens is 267 g/mol. The topological polar surface area (TPSA) is 63.6 Å². The number of carbonyl (C=O) groups excluding carboxylic acids is 1. The van der Waals surface area contributed by atoms with Crippen LogP contribution in [0.1, 0.15) is 58.3 Å². The van der Waals surface area contributed by atoms with E-state index in [1.54, 1.807) is 6.92 Å². The van der Waals surface area contributed by atoms with Crippen LogP contribution in [-0.4, -0.2) is 46.6 Å². The van der Waals surface area contributed by atoms with E-state index in [1.165, 1.54) is 6.26 Å². The van der Waals surface area contributed by atoms with Gasteiger partial charge in [-0.05, 0) is 32.3 Å². The Morgan fingerprint density at radius 1 is 1.10 bits per heavy atom. The second-order valence-electron chi connectivity index (χ2n) is 4.61. The van der Waals surface area contributed by atoms with Crippen molar-refractivity contribution in [2.75, 3.05) is 0 Å². The predicted octanol–water partition coefficient (Wildman–Crippen LogP) is 3.18. The predicted molar refractivity (Wildman–Crippen MR) is 81.8 cm³/mol. The molecule has 0 spiro atoms. The molecule has 0 unspecified atom stereocenters. The van der Waals surface area contributed by atoms with Gasteiger partial charge in [0.15, 0.2) is 0 Å². The van der Waals surface area contributed by atoms with Crippen LogP contribution >= 0.6 is 0 Å². The molecule has 0 rings (SSSR count). The third kappa shape index (κ3) is 15.5. The molecule has 0 aliphatic rings. The monoisotopic (exact) mass is 292 g/mol. The van der Waals surface area contributed by atoms with E-state index < -0.39 is 11.9 Å². The molecule has 0 aromatic rings. The van der Waals surface area contributed by atoms with Crippen LogP contribution in [0.3, 0.4) is 0 Å². The Labute approximate surface area is 143 Å². The average molecular weight is 292 g/mol. The van der Waals surface area contributed by atoms with Crippen molar-refractivity contribution in [3.63, 3.8) is 0 Å². The number of hydrogen-bond acceptors (Lipinski definition) is 3. The first-order chi connectivity index (χ1) is 9.04. The van der Waals surface area contributed by atoms with Gasteiger partial charge in [0.1, 0.15) is 0 Å². The molecular formula is C15H25NaO4. The third-order valence-electron chi connectivity index (χ3n) is 2.63. The van der Waals surface area contributed by atoms with Crippen molar-refractivity contribution in [1.82, 2.24) is 0 Å². The van der Waals surface area contributed by atoms with Crippen LogP contribution in [0.4, 0.5) is 0 Å². The zero-order valence-corrected chi connectivity index (χ0v) is 11.7. The molecule has 0 amide bonds. The summed E-state index contributed by atoms with van der Waals surface area (Å²) >= 11 is 0. The number of aliphatic carboxylic acids is 1. The van der Waals surface area contributed by atoms with E-state index in [4.69, 9.17) is 9.84 Å². The second kappa shape index (κ2) is 14.8. The fraction of sp³-hybridized carbons (Fsp3) is 0.600. The van der Waals surface area contributed by atoms with Crippen LogP contribution in [0, 0.1) is 0 Å². The van der Waals surface area contributed by atoms with Crippen LogP contribution in [-0.2, 0) is 14.3 Å². The molecule has 0 fully saturated rings. The van der Waals surface area contributed by atoms with E-state index in [0.717, 1.165) is 44.9 Å². The van der Waals surface area contributed by atoms with Crippen LogP contribution in [0.2, 0.25) is 0 Å². The Morgan fingerprint density at radius 3 is 2.20 bits per heavy atom. The molecule has 110 valence electrons. The fourth-order valence-electron chi connectivity index (χ4n) is 1.52. The van der Waals surface area contributed by atoms with Crippen molar-refractivity contribution < 1.29 is 19.4 Å². The van der Waals surface area contributed by atoms with Gasteiger partial charge in [0.25, 0.3) is 0 Å².